The lowest BCUT2D eigenvalue weighted by Crippen LogP contribution is -1.90. The summed E-state index contributed by atoms with van der Waals surface area (Å²) in [6.45, 7) is 9.31. The molecule has 1 nitrogen and oxygen atoms in total. The molecule has 90 valence electrons. The first-order chi connectivity index (χ1) is 8.13. The first-order valence-electron chi connectivity index (χ1n) is 5.73. The summed E-state index contributed by atoms with van der Waals surface area (Å²) in [5.41, 5.74) is 3.19. The van der Waals surface area contributed by atoms with Gasteiger partial charge >= 0.3 is 0 Å². The van der Waals surface area contributed by atoms with E-state index in [0.717, 1.165) is 23.1 Å². The molecule has 17 heavy (non-hydrogen) atoms. The third-order valence-electron chi connectivity index (χ3n) is 2.68. The standard InChI is InChI=1S/C15H18FN/c1-5-7-8-11(3)13-9-12(6-2)15(17-4)14(16)10-13/h5,7-10H,4,6H2,1-3H3/b7-5-,11-8+. The van der Waals surface area contributed by atoms with E-state index in [-0.39, 0.29) is 5.82 Å². The first kappa shape index (κ1) is 13.4. The lowest BCUT2D eigenvalue weighted by Gasteiger charge is -2.08. The van der Waals surface area contributed by atoms with Gasteiger partial charge in [0, 0.05) is 0 Å². The van der Waals surface area contributed by atoms with Crippen molar-refractivity contribution in [2.24, 2.45) is 4.99 Å². The van der Waals surface area contributed by atoms with Crippen molar-refractivity contribution in [3.05, 3.63) is 47.3 Å². The number of aliphatic imine (C=N–C) groups is 1. The van der Waals surface area contributed by atoms with Gasteiger partial charge in [-0.25, -0.2) is 4.39 Å². The molecule has 0 saturated carbocycles. The molecule has 0 saturated heterocycles. The summed E-state index contributed by atoms with van der Waals surface area (Å²) in [5.74, 6) is -0.303. The monoisotopic (exact) mass is 231 g/mol. The van der Waals surface area contributed by atoms with Crippen molar-refractivity contribution in [1.29, 1.82) is 0 Å². The van der Waals surface area contributed by atoms with E-state index in [1.165, 1.54) is 6.07 Å². The zero-order valence-corrected chi connectivity index (χ0v) is 10.6. The molecule has 0 bridgehead atoms. The molecule has 0 aliphatic rings. The summed E-state index contributed by atoms with van der Waals surface area (Å²) < 4.78 is 13.8. The topological polar surface area (TPSA) is 12.4 Å². The molecule has 1 aromatic rings. The van der Waals surface area contributed by atoms with Crippen molar-refractivity contribution >= 4 is 18.0 Å². The average Bonchev–Trinajstić information content (AvgIpc) is 2.34. The van der Waals surface area contributed by atoms with Crippen molar-refractivity contribution in [3.8, 4) is 0 Å². The second-order valence-electron chi connectivity index (χ2n) is 3.85. The van der Waals surface area contributed by atoms with Crippen LogP contribution in [0.25, 0.3) is 5.57 Å². The van der Waals surface area contributed by atoms with E-state index in [0.29, 0.717) is 5.69 Å². The lowest BCUT2D eigenvalue weighted by molar-refractivity contribution is 0.627. The zero-order chi connectivity index (χ0) is 12.8. The minimum absolute atomic E-state index is 0.303. The van der Waals surface area contributed by atoms with Crippen LogP contribution in [0, 0.1) is 5.82 Å². The minimum Gasteiger partial charge on any atom is -0.261 e. The van der Waals surface area contributed by atoms with Crippen LogP contribution in [0.15, 0.2) is 35.4 Å². The van der Waals surface area contributed by atoms with Crippen LogP contribution in [0.5, 0.6) is 0 Å². The van der Waals surface area contributed by atoms with Gasteiger partial charge in [0.15, 0.2) is 0 Å². The van der Waals surface area contributed by atoms with E-state index in [1.54, 1.807) is 0 Å². The molecule has 0 N–H and O–H groups in total. The Morgan fingerprint density at radius 2 is 2.18 bits per heavy atom. The van der Waals surface area contributed by atoms with Crippen molar-refractivity contribution in [3.63, 3.8) is 0 Å². The Labute approximate surface area is 102 Å². The highest BCUT2D eigenvalue weighted by atomic mass is 19.1. The number of benzene rings is 1. The molecule has 0 radical (unpaired) electrons. The van der Waals surface area contributed by atoms with Gasteiger partial charge in [0.25, 0.3) is 0 Å². The Morgan fingerprint density at radius 3 is 2.71 bits per heavy atom. The summed E-state index contributed by atoms with van der Waals surface area (Å²) in [5, 5.41) is 0. The number of hydrogen-bond donors (Lipinski definition) is 0. The van der Waals surface area contributed by atoms with Crippen LogP contribution in [0.3, 0.4) is 0 Å². The molecule has 0 unspecified atom stereocenters. The van der Waals surface area contributed by atoms with E-state index in [9.17, 15) is 4.39 Å². The number of allylic oxidation sites excluding steroid dienone is 4. The largest absolute Gasteiger partial charge is 0.261 e. The van der Waals surface area contributed by atoms with Gasteiger partial charge in [0.05, 0.1) is 0 Å². The molecule has 1 aromatic carbocycles. The highest BCUT2D eigenvalue weighted by Gasteiger charge is 2.08. The van der Waals surface area contributed by atoms with Crippen LogP contribution in [0.4, 0.5) is 10.1 Å². The van der Waals surface area contributed by atoms with E-state index in [2.05, 4.69) is 11.7 Å². The molecule has 0 aliphatic carbocycles. The number of halogens is 1. The quantitative estimate of drug-likeness (QED) is 0.526. The maximum absolute atomic E-state index is 13.8. The van der Waals surface area contributed by atoms with Gasteiger partial charge in [-0.1, -0.05) is 25.2 Å². The van der Waals surface area contributed by atoms with Gasteiger partial charge in [-0.2, -0.15) is 0 Å². The smallest absolute Gasteiger partial charge is 0.149 e. The van der Waals surface area contributed by atoms with Gasteiger partial charge in [-0.15, -0.1) is 0 Å². The first-order valence-corrected chi connectivity index (χ1v) is 5.73. The highest BCUT2D eigenvalue weighted by molar-refractivity contribution is 5.69. The summed E-state index contributed by atoms with van der Waals surface area (Å²) in [7, 11) is 0. The number of rotatable bonds is 4. The second-order valence-corrected chi connectivity index (χ2v) is 3.85. The maximum Gasteiger partial charge on any atom is 0.149 e. The van der Waals surface area contributed by atoms with Gasteiger partial charge in [0.1, 0.15) is 11.5 Å². The number of hydrogen-bond acceptors (Lipinski definition) is 1. The summed E-state index contributed by atoms with van der Waals surface area (Å²) in [6, 6.07) is 3.49. The van der Waals surface area contributed by atoms with E-state index in [1.807, 2.05) is 45.1 Å². The van der Waals surface area contributed by atoms with Crippen molar-refractivity contribution in [2.45, 2.75) is 27.2 Å². The Hall–Kier alpha value is -1.70. The molecule has 2 heteroatoms. The molecular formula is C15H18FN. The molecule has 0 atom stereocenters. The van der Waals surface area contributed by atoms with Crippen LogP contribution >= 0.6 is 0 Å². The second kappa shape index (κ2) is 6.14. The van der Waals surface area contributed by atoms with E-state index in [4.69, 9.17) is 0 Å². The summed E-state index contributed by atoms with van der Waals surface area (Å²) >= 11 is 0. The molecular weight excluding hydrogens is 213 g/mol. The lowest BCUT2D eigenvalue weighted by atomic mass is 10.0. The normalized spacial score (nSPS) is 12.1. The molecule has 0 amide bonds. The molecule has 0 aliphatic heterocycles. The fraction of sp³-hybridized carbons (Fsp3) is 0.267. The van der Waals surface area contributed by atoms with Gasteiger partial charge in [-0.3, -0.25) is 4.99 Å². The molecule has 1 rings (SSSR count). The highest BCUT2D eigenvalue weighted by Crippen LogP contribution is 2.28. The molecule has 0 fully saturated rings. The summed E-state index contributed by atoms with van der Waals surface area (Å²) in [4.78, 5) is 3.75. The van der Waals surface area contributed by atoms with Crippen LogP contribution in [0.2, 0.25) is 0 Å². The SMILES string of the molecule is C=Nc1c(F)cc(/C(C)=C/C=C\C)cc1CC. The van der Waals surface area contributed by atoms with Gasteiger partial charge in [0.2, 0.25) is 0 Å². The fourth-order valence-corrected chi connectivity index (χ4v) is 1.67. The minimum atomic E-state index is -0.303. The van der Waals surface area contributed by atoms with Crippen molar-refractivity contribution < 1.29 is 4.39 Å². The van der Waals surface area contributed by atoms with Gasteiger partial charge in [-0.05, 0) is 55.8 Å². The molecule has 0 heterocycles. The Balaban J connectivity index is 3.29. The van der Waals surface area contributed by atoms with Crippen molar-refractivity contribution in [2.75, 3.05) is 0 Å². The predicted octanol–water partition coefficient (Wildman–Crippen LogP) is 4.70. The Kier molecular flexibility index (Phi) is 4.83. The third-order valence-corrected chi connectivity index (χ3v) is 2.68. The van der Waals surface area contributed by atoms with Crippen molar-refractivity contribution in [1.82, 2.24) is 0 Å². The van der Waals surface area contributed by atoms with E-state index < -0.39 is 0 Å². The Morgan fingerprint density at radius 1 is 1.47 bits per heavy atom. The number of nitrogens with zero attached hydrogens (tertiary/aromatic N) is 1. The maximum atomic E-state index is 13.8. The molecule has 0 spiro atoms. The van der Waals surface area contributed by atoms with Gasteiger partial charge < -0.3 is 0 Å². The summed E-state index contributed by atoms with van der Waals surface area (Å²) in [6.07, 6.45) is 6.60. The van der Waals surface area contributed by atoms with Crippen LogP contribution in [-0.4, -0.2) is 6.72 Å². The third kappa shape index (κ3) is 3.13. The van der Waals surface area contributed by atoms with Crippen LogP contribution < -0.4 is 0 Å². The average molecular weight is 231 g/mol. The van der Waals surface area contributed by atoms with Crippen LogP contribution in [0.1, 0.15) is 31.9 Å². The Bertz CT molecular complexity index is 470. The fourth-order valence-electron chi connectivity index (χ4n) is 1.67. The number of aryl methyl sites for hydroxylation is 1. The zero-order valence-electron chi connectivity index (χ0n) is 10.6. The van der Waals surface area contributed by atoms with Crippen LogP contribution in [-0.2, 0) is 6.42 Å². The molecule has 0 aromatic heterocycles. The predicted molar refractivity (Wildman–Crippen MR) is 73.5 cm³/mol. The van der Waals surface area contributed by atoms with E-state index >= 15 is 0 Å².